The number of rotatable bonds is 9. The first-order valence-corrected chi connectivity index (χ1v) is 17.5. The number of benzene rings is 2. The molecule has 12 heteroatoms. The molecule has 8 rings (SSSR count). The van der Waals surface area contributed by atoms with Crippen LogP contribution in [0.4, 0.5) is 19.0 Å². The molecule has 1 spiro atoms. The second-order valence-corrected chi connectivity index (χ2v) is 14.0. The van der Waals surface area contributed by atoms with Gasteiger partial charge in [0, 0.05) is 51.5 Å². The van der Waals surface area contributed by atoms with E-state index in [4.69, 9.17) is 23.9 Å². The second kappa shape index (κ2) is 12.9. The van der Waals surface area contributed by atoms with Gasteiger partial charge in [0.05, 0.1) is 16.5 Å². The molecule has 49 heavy (non-hydrogen) atoms. The van der Waals surface area contributed by atoms with Gasteiger partial charge in [-0.1, -0.05) is 13.0 Å². The van der Waals surface area contributed by atoms with Crippen LogP contribution in [0.25, 0.3) is 32.9 Å². The maximum absolute atomic E-state index is 17.2. The van der Waals surface area contributed by atoms with E-state index in [9.17, 15) is 4.39 Å². The molecule has 0 bridgehead atoms. The summed E-state index contributed by atoms with van der Waals surface area (Å²) in [5.41, 5.74) is 0.222. The monoisotopic (exact) mass is 677 g/mol. The van der Waals surface area contributed by atoms with Crippen LogP contribution in [0.15, 0.2) is 30.5 Å². The van der Waals surface area contributed by atoms with Crippen molar-refractivity contribution < 1.29 is 32.1 Å². The number of aryl methyl sites for hydroxylation is 1. The minimum atomic E-state index is -0.907. The first-order chi connectivity index (χ1) is 23.8. The maximum atomic E-state index is 17.2. The molecule has 260 valence electrons. The number of hydrogen-bond acceptors (Lipinski definition) is 9. The fourth-order valence-electron chi connectivity index (χ4n) is 8.75. The standard InChI is InChI=1S/C37H42F3N5O4/c1-3-26-29(39)8-7-23-15-25(48-22-46-2)16-27(30(23)26)32-31(40)33-28(18-41-32)34(44-12-5-10-37(20-44)11-6-14-49-37)43-35(42-33)47-21-36-9-4-13-45(36)19-24(38)17-36/h7-8,15-16,18,24H,3-6,9-14,17,19-22H2,1-2H3/t24-,36?,37?/m1/s1. The molecular formula is C37H42F3N5O4. The number of alkyl halides is 1. The third kappa shape index (κ3) is 5.75. The molecule has 4 saturated heterocycles. The summed E-state index contributed by atoms with van der Waals surface area (Å²) in [5.74, 6) is -0.0775. The number of methoxy groups -OCH3 is 1. The van der Waals surface area contributed by atoms with E-state index in [1.807, 2.05) is 6.92 Å². The number of aromatic nitrogens is 3. The fraction of sp³-hybridized carbons (Fsp3) is 0.541. The summed E-state index contributed by atoms with van der Waals surface area (Å²) in [6.45, 7) is 5.35. The lowest BCUT2D eigenvalue weighted by atomic mass is 9.90. The van der Waals surface area contributed by atoms with Crippen molar-refractivity contribution in [3.63, 3.8) is 0 Å². The molecule has 2 aromatic carbocycles. The van der Waals surface area contributed by atoms with Crippen molar-refractivity contribution in [2.45, 2.75) is 75.6 Å². The minimum absolute atomic E-state index is 0.0131. The van der Waals surface area contributed by atoms with E-state index >= 15 is 8.78 Å². The van der Waals surface area contributed by atoms with Gasteiger partial charge < -0.3 is 23.8 Å². The highest BCUT2D eigenvalue weighted by Crippen LogP contribution is 2.43. The zero-order chi connectivity index (χ0) is 33.8. The van der Waals surface area contributed by atoms with Crippen molar-refractivity contribution in [2.24, 2.45) is 0 Å². The summed E-state index contributed by atoms with van der Waals surface area (Å²) in [5, 5.41) is 1.70. The van der Waals surface area contributed by atoms with Crippen molar-refractivity contribution >= 4 is 27.5 Å². The predicted octanol–water partition coefficient (Wildman–Crippen LogP) is 6.77. The van der Waals surface area contributed by atoms with Crippen molar-refractivity contribution in [1.29, 1.82) is 0 Å². The second-order valence-electron chi connectivity index (χ2n) is 14.0. The van der Waals surface area contributed by atoms with Crippen molar-refractivity contribution in [3.8, 4) is 23.0 Å². The highest BCUT2D eigenvalue weighted by atomic mass is 19.1. The lowest BCUT2D eigenvalue weighted by molar-refractivity contribution is -0.00633. The molecular weight excluding hydrogens is 635 g/mol. The molecule has 4 aliphatic heterocycles. The van der Waals surface area contributed by atoms with Gasteiger partial charge in [-0.05, 0) is 86.0 Å². The summed E-state index contributed by atoms with van der Waals surface area (Å²) in [7, 11) is 1.52. The van der Waals surface area contributed by atoms with Gasteiger partial charge in [0.15, 0.2) is 12.6 Å². The Hall–Kier alpha value is -3.74. The molecule has 9 nitrogen and oxygen atoms in total. The lowest BCUT2D eigenvalue weighted by Crippen LogP contribution is -2.48. The molecule has 4 aromatic rings. The molecule has 2 unspecified atom stereocenters. The fourth-order valence-corrected chi connectivity index (χ4v) is 8.75. The summed E-state index contributed by atoms with van der Waals surface area (Å²) >= 11 is 0. The van der Waals surface area contributed by atoms with Gasteiger partial charge in [0.2, 0.25) is 0 Å². The molecule has 0 aliphatic carbocycles. The van der Waals surface area contributed by atoms with Crippen LogP contribution in [0.5, 0.6) is 11.8 Å². The molecule has 6 heterocycles. The zero-order valence-electron chi connectivity index (χ0n) is 28.1. The van der Waals surface area contributed by atoms with Crippen LogP contribution < -0.4 is 14.4 Å². The maximum Gasteiger partial charge on any atom is 0.319 e. The summed E-state index contributed by atoms with van der Waals surface area (Å²) in [6, 6.07) is 6.57. The summed E-state index contributed by atoms with van der Waals surface area (Å²) < 4.78 is 70.4. The summed E-state index contributed by atoms with van der Waals surface area (Å²) in [4.78, 5) is 18.5. The van der Waals surface area contributed by atoms with E-state index < -0.39 is 17.5 Å². The number of pyridine rings is 1. The molecule has 0 radical (unpaired) electrons. The zero-order valence-corrected chi connectivity index (χ0v) is 28.1. The first-order valence-electron chi connectivity index (χ1n) is 17.5. The smallest absolute Gasteiger partial charge is 0.319 e. The molecule has 4 fully saturated rings. The van der Waals surface area contributed by atoms with Crippen molar-refractivity contribution in [1.82, 2.24) is 19.9 Å². The summed E-state index contributed by atoms with van der Waals surface area (Å²) in [6.07, 6.45) is 7.10. The number of ether oxygens (including phenoxy) is 4. The third-order valence-corrected chi connectivity index (χ3v) is 11.0. The van der Waals surface area contributed by atoms with Gasteiger partial charge in [-0.25, -0.2) is 13.2 Å². The van der Waals surface area contributed by atoms with Crippen LogP contribution in [-0.2, 0) is 15.9 Å². The number of halogens is 3. The number of hydrogen-bond donors (Lipinski definition) is 0. The first kappa shape index (κ1) is 32.5. The normalized spacial score (nSPS) is 25.6. The van der Waals surface area contributed by atoms with Crippen LogP contribution in [-0.4, -0.2) is 90.5 Å². The van der Waals surface area contributed by atoms with E-state index in [1.54, 1.807) is 24.4 Å². The average molecular weight is 678 g/mol. The number of fused-ring (bicyclic) bond motifs is 3. The quantitative estimate of drug-likeness (QED) is 0.178. The van der Waals surface area contributed by atoms with E-state index in [1.165, 1.54) is 13.2 Å². The number of nitrogens with zero attached hydrogens (tertiary/aromatic N) is 5. The Morgan fingerprint density at radius 2 is 1.90 bits per heavy atom. The van der Waals surface area contributed by atoms with Gasteiger partial charge in [0.25, 0.3) is 0 Å². The predicted molar refractivity (Wildman–Crippen MR) is 180 cm³/mol. The van der Waals surface area contributed by atoms with E-state index in [0.29, 0.717) is 71.3 Å². The van der Waals surface area contributed by atoms with Crippen LogP contribution >= 0.6 is 0 Å². The highest BCUT2D eigenvalue weighted by Gasteiger charge is 2.49. The third-order valence-electron chi connectivity index (χ3n) is 11.0. The van der Waals surface area contributed by atoms with E-state index in [0.717, 1.165) is 51.7 Å². The van der Waals surface area contributed by atoms with Crippen LogP contribution in [0.3, 0.4) is 0 Å². The van der Waals surface area contributed by atoms with Gasteiger partial charge in [0.1, 0.15) is 41.4 Å². The molecule has 3 atom stereocenters. The SMILES string of the molecule is CCc1c(F)ccc2cc(OCOC)cc(-c3ncc4c(N5CCCC6(CCCO6)C5)nc(OCC56CCCN5C[C@H](F)C6)nc4c3F)c12. The Kier molecular flexibility index (Phi) is 8.52. The average Bonchev–Trinajstić information content (AvgIpc) is 3.80. The van der Waals surface area contributed by atoms with Crippen LogP contribution in [0.2, 0.25) is 0 Å². The van der Waals surface area contributed by atoms with Crippen molar-refractivity contribution in [2.75, 3.05) is 58.2 Å². The van der Waals surface area contributed by atoms with Gasteiger partial charge in [-0.3, -0.25) is 9.88 Å². The van der Waals surface area contributed by atoms with Gasteiger partial charge in [-0.15, -0.1) is 0 Å². The Labute approximate surface area is 283 Å². The molecule has 0 saturated carbocycles. The largest absolute Gasteiger partial charge is 0.468 e. The van der Waals surface area contributed by atoms with Gasteiger partial charge in [-0.2, -0.15) is 9.97 Å². The number of piperidine rings is 1. The highest BCUT2D eigenvalue weighted by molar-refractivity contribution is 6.01. The molecule has 0 amide bonds. The molecule has 2 aromatic heterocycles. The minimum Gasteiger partial charge on any atom is -0.468 e. The van der Waals surface area contributed by atoms with E-state index in [-0.39, 0.29) is 42.0 Å². The number of anilines is 1. The molecule has 4 aliphatic rings. The Morgan fingerprint density at radius 1 is 1.04 bits per heavy atom. The Morgan fingerprint density at radius 3 is 2.71 bits per heavy atom. The topological polar surface area (TPSA) is 82.1 Å². The van der Waals surface area contributed by atoms with Crippen LogP contribution in [0, 0.1) is 11.6 Å². The Bertz CT molecular complexity index is 1890. The van der Waals surface area contributed by atoms with E-state index in [2.05, 4.69) is 19.8 Å². The lowest BCUT2D eigenvalue weighted by Gasteiger charge is -2.40. The van der Waals surface area contributed by atoms with Crippen molar-refractivity contribution in [3.05, 3.63) is 47.7 Å². The van der Waals surface area contributed by atoms with Gasteiger partial charge >= 0.3 is 6.01 Å². The Balaban J connectivity index is 1.27. The van der Waals surface area contributed by atoms with Crippen LogP contribution in [0.1, 0.15) is 57.4 Å². The molecule has 0 N–H and O–H groups in total.